The molecule has 0 radical (unpaired) electrons. The van der Waals surface area contributed by atoms with Crippen LogP contribution < -0.4 is 10.1 Å². The van der Waals surface area contributed by atoms with Crippen LogP contribution in [-0.4, -0.2) is 50.9 Å². The van der Waals surface area contributed by atoms with Crippen LogP contribution in [0.3, 0.4) is 0 Å². The Morgan fingerprint density at radius 1 is 1.50 bits per heavy atom. The summed E-state index contributed by atoms with van der Waals surface area (Å²) in [6.45, 7) is 6.52. The van der Waals surface area contributed by atoms with Gasteiger partial charge in [0.1, 0.15) is 24.3 Å². The number of hydrogen-bond donors (Lipinski definition) is 1. The summed E-state index contributed by atoms with van der Waals surface area (Å²) in [5.74, 6) is 0.489. The Morgan fingerprint density at radius 2 is 2.35 bits per heavy atom. The molecule has 112 valence electrons. The average molecular weight is 282 g/mol. The van der Waals surface area contributed by atoms with Gasteiger partial charge < -0.3 is 19.7 Å². The molecule has 0 bridgehead atoms. The fourth-order valence-electron chi connectivity index (χ4n) is 2.24. The molecule has 5 heteroatoms. The fourth-order valence-corrected chi connectivity index (χ4v) is 2.24. The number of halogens is 1. The fraction of sp³-hybridized carbons (Fsp3) is 0.600. The van der Waals surface area contributed by atoms with E-state index in [4.69, 9.17) is 9.47 Å². The number of ether oxygens (including phenoxy) is 2. The minimum atomic E-state index is -0.237. The first-order valence-electron chi connectivity index (χ1n) is 7.11. The molecule has 20 heavy (non-hydrogen) atoms. The molecule has 1 aromatic carbocycles. The lowest BCUT2D eigenvalue weighted by Crippen LogP contribution is -2.42. The third kappa shape index (κ3) is 4.44. The summed E-state index contributed by atoms with van der Waals surface area (Å²) >= 11 is 0. The number of hydrogen-bond acceptors (Lipinski definition) is 4. The van der Waals surface area contributed by atoms with Crippen LogP contribution in [0.1, 0.15) is 12.5 Å². The zero-order valence-corrected chi connectivity index (χ0v) is 12.2. The average Bonchev–Trinajstić information content (AvgIpc) is 2.44. The van der Waals surface area contributed by atoms with E-state index in [0.29, 0.717) is 13.2 Å². The molecule has 1 aliphatic heterocycles. The van der Waals surface area contributed by atoms with Crippen LogP contribution in [0.2, 0.25) is 0 Å². The van der Waals surface area contributed by atoms with Crippen molar-refractivity contribution >= 4 is 0 Å². The third-order valence-corrected chi connectivity index (χ3v) is 3.35. The quantitative estimate of drug-likeness (QED) is 0.860. The van der Waals surface area contributed by atoms with E-state index in [9.17, 15) is 4.39 Å². The molecule has 0 saturated carbocycles. The van der Waals surface area contributed by atoms with E-state index in [1.165, 1.54) is 12.1 Å². The number of benzene rings is 1. The third-order valence-electron chi connectivity index (χ3n) is 3.35. The van der Waals surface area contributed by atoms with Gasteiger partial charge in [-0.1, -0.05) is 6.92 Å². The predicted molar refractivity (Wildman–Crippen MR) is 76.5 cm³/mol. The number of likely N-dealkylation sites (N-methyl/N-ethyl adjacent to an activating group) is 1. The number of nitrogens with zero attached hydrogens (tertiary/aromatic N) is 1. The smallest absolute Gasteiger partial charge is 0.124 e. The van der Waals surface area contributed by atoms with Crippen molar-refractivity contribution in [3.8, 4) is 5.75 Å². The standard InChI is InChI=1S/C15H23FN2O2/c1-3-17-9-12-8-13(16)4-5-15(12)20-11-14-10-18(2)6-7-19-14/h4-5,8,14,17H,3,6-7,9-11H2,1-2H3. The van der Waals surface area contributed by atoms with Gasteiger partial charge in [0.05, 0.1) is 6.61 Å². The second-order valence-corrected chi connectivity index (χ2v) is 5.10. The maximum atomic E-state index is 13.3. The van der Waals surface area contributed by atoms with Crippen molar-refractivity contribution in [3.63, 3.8) is 0 Å². The Bertz CT molecular complexity index is 428. The van der Waals surface area contributed by atoms with E-state index in [-0.39, 0.29) is 11.9 Å². The summed E-state index contributed by atoms with van der Waals surface area (Å²) in [5, 5.41) is 3.19. The van der Waals surface area contributed by atoms with E-state index in [2.05, 4.69) is 17.3 Å². The predicted octanol–water partition coefficient (Wildman–Crippen LogP) is 1.64. The molecular formula is C15H23FN2O2. The van der Waals surface area contributed by atoms with Crippen molar-refractivity contribution in [2.75, 3.05) is 39.9 Å². The summed E-state index contributed by atoms with van der Waals surface area (Å²) in [6, 6.07) is 4.64. The minimum Gasteiger partial charge on any atom is -0.490 e. The van der Waals surface area contributed by atoms with Gasteiger partial charge in [0.15, 0.2) is 0 Å². The van der Waals surface area contributed by atoms with Crippen LogP contribution >= 0.6 is 0 Å². The highest BCUT2D eigenvalue weighted by Crippen LogP contribution is 2.20. The maximum absolute atomic E-state index is 13.3. The van der Waals surface area contributed by atoms with Crippen molar-refractivity contribution in [1.29, 1.82) is 0 Å². The van der Waals surface area contributed by atoms with E-state index < -0.39 is 0 Å². The molecule has 1 N–H and O–H groups in total. The summed E-state index contributed by atoms with van der Waals surface area (Å²) in [5.41, 5.74) is 0.844. The number of nitrogens with one attached hydrogen (secondary N) is 1. The Kier molecular flexibility index (Phi) is 5.76. The monoisotopic (exact) mass is 282 g/mol. The highest BCUT2D eigenvalue weighted by atomic mass is 19.1. The van der Waals surface area contributed by atoms with E-state index in [1.807, 2.05) is 6.92 Å². The van der Waals surface area contributed by atoms with E-state index in [1.54, 1.807) is 6.07 Å². The molecule has 1 atom stereocenters. The van der Waals surface area contributed by atoms with Gasteiger partial charge in [-0.15, -0.1) is 0 Å². The summed E-state index contributed by atoms with van der Waals surface area (Å²) in [7, 11) is 2.07. The molecule has 0 spiro atoms. The van der Waals surface area contributed by atoms with Crippen molar-refractivity contribution in [2.24, 2.45) is 0 Å². The Balaban J connectivity index is 1.93. The largest absolute Gasteiger partial charge is 0.490 e. The highest BCUT2D eigenvalue weighted by Gasteiger charge is 2.18. The van der Waals surface area contributed by atoms with E-state index >= 15 is 0 Å². The van der Waals surface area contributed by atoms with Crippen LogP contribution in [0.15, 0.2) is 18.2 Å². The Labute approximate surface area is 119 Å². The summed E-state index contributed by atoms with van der Waals surface area (Å²) < 4.78 is 24.8. The number of rotatable bonds is 6. The number of morpholine rings is 1. The first kappa shape index (κ1) is 15.2. The van der Waals surface area contributed by atoms with Gasteiger partial charge >= 0.3 is 0 Å². The molecule has 0 amide bonds. The lowest BCUT2D eigenvalue weighted by Gasteiger charge is -2.30. The van der Waals surface area contributed by atoms with Crippen molar-refractivity contribution in [3.05, 3.63) is 29.6 Å². The highest BCUT2D eigenvalue weighted by molar-refractivity contribution is 5.34. The van der Waals surface area contributed by atoms with Crippen LogP contribution in [0.25, 0.3) is 0 Å². The second kappa shape index (κ2) is 7.57. The van der Waals surface area contributed by atoms with Crippen LogP contribution in [0.4, 0.5) is 4.39 Å². The molecule has 1 heterocycles. The SMILES string of the molecule is CCNCc1cc(F)ccc1OCC1CN(C)CCO1. The van der Waals surface area contributed by atoms with Gasteiger partial charge in [-0.2, -0.15) is 0 Å². The first-order valence-corrected chi connectivity index (χ1v) is 7.11. The summed E-state index contributed by atoms with van der Waals surface area (Å²) in [6.07, 6.45) is 0.0748. The van der Waals surface area contributed by atoms with Gasteiger partial charge in [-0.3, -0.25) is 0 Å². The molecular weight excluding hydrogens is 259 g/mol. The van der Waals surface area contributed by atoms with Crippen molar-refractivity contribution < 1.29 is 13.9 Å². The van der Waals surface area contributed by atoms with Gasteiger partial charge in [0.25, 0.3) is 0 Å². The van der Waals surface area contributed by atoms with Gasteiger partial charge in [-0.25, -0.2) is 4.39 Å². The molecule has 1 unspecified atom stereocenters. The molecule has 0 aliphatic carbocycles. The normalized spacial score (nSPS) is 20.1. The van der Waals surface area contributed by atoms with Gasteiger partial charge in [-0.05, 0) is 31.8 Å². The van der Waals surface area contributed by atoms with Crippen LogP contribution in [0, 0.1) is 5.82 Å². The molecule has 2 rings (SSSR count). The van der Waals surface area contributed by atoms with Crippen LogP contribution in [-0.2, 0) is 11.3 Å². The van der Waals surface area contributed by atoms with Crippen molar-refractivity contribution in [2.45, 2.75) is 19.6 Å². The lowest BCUT2D eigenvalue weighted by molar-refractivity contribution is -0.0404. The van der Waals surface area contributed by atoms with Crippen molar-refractivity contribution in [1.82, 2.24) is 10.2 Å². The van der Waals surface area contributed by atoms with Gasteiger partial charge in [0.2, 0.25) is 0 Å². The second-order valence-electron chi connectivity index (χ2n) is 5.10. The molecule has 1 aromatic rings. The Morgan fingerprint density at radius 3 is 3.10 bits per heavy atom. The van der Waals surface area contributed by atoms with Crippen LogP contribution in [0.5, 0.6) is 5.75 Å². The molecule has 1 fully saturated rings. The maximum Gasteiger partial charge on any atom is 0.124 e. The zero-order valence-electron chi connectivity index (χ0n) is 12.2. The Hall–Kier alpha value is -1.17. The molecule has 1 aliphatic rings. The van der Waals surface area contributed by atoms with E-state index in [0.717, 1.165) is 37.6 Å². The molecule has 4 nitrogen and oxygen atoms in total. The lowest BCUT2D eigenvalue weighted by atomic mass is 10.2. The summed E-state index contributed by atoms with van der Waals surface area (Å²) in [4.78, 5) is 2.22. The molecule has 0 aromatic heterocycles. The zero-order chi connectivity index (χ0) is 14.4. The molecule has 1 saturated heterocycles. The first-order chi connectivity index (χ1) is 9.69. The minimum absolute atomic E-state index is 0.0748. The van der Waals surface area contributed by atoms with Gasteiger partial charge in [0, 0.05) is 25.2 Å². The topological polar surface area (TPSA) is 33.7 Å².